The summed E-state index contributed by atoms with van der Waals surface area (Å²) in [5, 5.41) is 6.27. The molecule has 0 saturated heterocycles. The second-order valence-electron chi connectivity index (χ2n) is 4.52. The molecule has 2 aromatic heterocycles. The lowest BCUT2D eigenvalue weighted by Gasteiger charge is -2.01. The predicted molar refractivity (Wildman–Crippen MR) is 84.4 cm³/mol. The summed E-state index contributed by atoms with van der Waals surface area (Å²) in [7, 11) is 0. The fourth-order valence-corrected chi connectivity index (χ4v) is 2.51. The van der Waals surface area contributed by atoms with Crippen molar-refractivity contribution >= 4 is 34.0 Å². The molecule has 0 saturated carbocycles. The topological polar surface area (TPSA) is 68.9 Å². The highest BCUT2D eigenvalue weighted by Crippen LogP contribution is 2.14. The molecule has 0 bridgehead atoms. The SMILES string of the molecule is C/C(=N/OC(=O)c1cccs1)c1cc2ccccc2oc1=O. The molecule has 0 unspecified atom stereocenters. The minimum Gasteiger partial charge on any atom is -0.422 e. The molecule has 1 aromatic carbocycles. The summed E-state index contributed by atoms with van der Waals surface area (Å²) in [6.45, 7) is 1.59. The standard InChI is InChI=1S/C16H11NO4S/c1-10(17-21-16(19)14-7-4-8-22-14)12-9-11-5-2-3-6-13(11)20-15(12)18/h2-9H,1H3/b17-10-. The van der Waals surface area contributed by atoms with E-state index in [-0.39, 0.29) is 11.3 Å². The summed E-state index contributed by atoms with van der Waals surface area (Å²) in [6, 6.07) is 12.2. The summed E-state index contributed by atoms with van der Waals surface area (Å²) in [5.74, 6) is -0.556. The zero-order valence-corrected chi connectivity index (χ0v) is 12.4. The number of thiophene rings is 1. The average Bonchev–Trinajstić information content (AvgIpc) is 3.06. The number of para-hydroxylation sites is 1. The lowest BCUT2D eigenvalue weighted by atomic mass is 10.1. The third-order valence-corrected chi connectivity index (χ3v) is 3.87. The van der Waals surface area contributed by atoms with E-state index in [9.17, 15) is 9.59 Å². The van der Waals surface area contributed by atoms with Crippen molar-refractivity contribution in [3.8, 4) is 0 Å². The molecule has 0 N–H and O–H groups in total. The Balaban J connectivity index is 1.89. The average molecular weight is 313 g/mol. The van der Waals surface area contributed by atoms with Crippen LogP contribution in [0.4, 0.5) is 0 Å². The van der Waals surface area contributed by atoms with E-state index in [2.05, 4.69) is 5.16 Å². The van der Waals surface area contributed by atoms with Crippen LogP contribution >= 0.6 is 11.3 Å². The molecule has 22 heavy (non-hydrogen) atoms. The van der Waals surface area contributed by atoms with E-state index in [0.29, 0.717) is 10.5 Å². The van der Waals surface area contributed by atoms with Crippen LogP contribution in [0.5, 0.6) is 0 Å². The van der Waals surface area contributed by atoms with Crippen molar-refractivity contribution in [2.45, 2.75) is 6.92 Å². The van der Waals surface area contributed by atoms with E-state index in [1.165, 1.54) is 11.3 Å². The van der Waals surface area contributed by atoms with Crippen molar-refractivity contribution in [1.29, 1.82) is 0 Å². The Labute approximate surface area is 129 Å². The van der Waals surface area contributed by atoms with Crippen molar-refractivity contribution in [2.75, 3.05) is 0 Å². The van der Waals surface area contributed by atoms with Crippen LogP contribution in [0.1, 0.15) is 22.2 Å². The summed E-state index contributed by atoms with van der Waals surface area (Å²) in [4.78, 5) is 29.0. The fourth-order valence-electron chi connectivity index (χ4n) is 1.91. The lowest BCUT2D eigenvalue weighted by molar-refractivity contribution is 0.0522. The molecule has 0 atom stereocenters. The Morgan fingerprint density at radius 2 is 2.05 bits per heavy atom. The number of fused-ring (bicyclic) bond motifs is 1. The van der Waals surface area contributed by atoms with Crippen LogP contribution in [-0.4, -0.2) is 11.7 Å². The maximum absolute atomic E-state index is 12.0. The Morgan fingerprint density at radius 1 is 1.23 bits per heavy atom. The first-order valence-electron chi connectivity index (χ1n) is 6.48. The second kappa shape index (κ2) is 5.95. The van der Waals surface area contributed by atoms with Crippen molar-refractivity contribution in [2.24, 2.45) is 5.16 Å². The normalized spacial score (nSPS) is 11.6. The first-order valence-corrected chi connectivity index (χ1v) is 7.36. The van der Waals surface area contributed by atoms with Gasteiger partial charge in [0.1, 0.15) is 10.5 Å². The monoisotopic (exact) mass is 313 g/mol. The molecule has 0 fully saturated rings. The molecular formula is C16H11NO4S. The molecule has 6 heteroatoms. The van der Waals surface area contributed by atoms with Crippen LogP contribution < -0.4 is 5.63 Å². The van der Waals surface area contributed by atoms with Crippen LogP contribution in [0.3, 0.4) is 0 Å². The molecular weight excluding hydrogens is 302 g/mol. The van der Waals surface area contributed by atoms with E-state index < -0.39 is 11.6 Å². The smallest absolute Gasteiger partial charge is 0.375 e. The Kier molecular flexibility index (Phi) is 3.84. The van der Waals surface area contributed by atoms with Gasteiger partial charge < -0.3 is 9.25 Å². The largest absolute Gasteiger partial charge is 0.422 e. The van der Waals surface area contributed by atoms with E-state index >= 15 is 0 Å². The molecule has 3 aromatic rings. The van der Waals surface area contributed by atoms with Crippen LogP contribution in [0.25, 0.3) is 11.0 Å². The highest BCUT2D eigenvalue weighted by Gasteiger charge is 2.11. The summed E-state index contributed by atoms with van der Waals surface area (Å²) in [6.07, 6.45) is 0. The van der Waals surface area contributed by atoms with Crippen LogP contribution in [-0.2, 0) is 4.84 Å². The van der Waals surface area contributed by atoms with Crippen LogP contribution in [0.2, 0.25) is 0 Å². The van der Waals surface area contributed by atoms with E-state index in [0.717, 1.165) is 5.39 Å². The van der Waals surface area contributed by atoms with Gasteiger partial charge in [-0.1, -0.05) is 29.4 Å². The van der Waals surface area contributed by atoms with E-state index in [1.807, 2.05) is 12.1 Å². The first kappa shape index (κ1) is 14.2. The molecule has 2 heterocycles. The van der Waals surface area contributed by atoms with Gasteiger partial charge in [-0.05, 0) is 30.5 Å². The van der Waals surface area contributed by atoms with Crippen molar-refractivity contribution in [3.05, 3.63) is 68.7 Å². The number of carbonyl (C=O) groups is 1. The molecule has 0 aliphatic heterocycles. The summed E-state index contributed by atoms with van der Waals surface area (Å²) >= 11 is 1.26. The highest BCUT2D eigenvalue weighted by atomic mass is 32.1. The quantitative estimate of drug-likeness (QED) is 0.321. The lowest BCUT2D eigenvalue weighted by Crippen LogP contribution is -2.13. The maximum atomic E-state index is 12.0. The van der Waals surface area contributed by atoms with E-state index in [1.54, 1.807) is 42.6 Å². The van der Waals surface area contributed by atoms with Gasteiger partial charge in [0.15, 0.2) is 0 Å². The van der Waals surface area contributed by atoms with Gasteiger partial charge in [0.2, 0.25) is 0 Å². The number of hydrogen-bond acceptors (Lipinski definition) is 6. The van der Waals surface area contributed by atoms with E-state index in [4.69, 9.17) is 9.25 Å². The number of oxime groups is 1. The van der Waals surface area contributed by atoms with Gasteiger partial charge in [0, 0.05) is 5.39 Å². The minimum absolute atomic E-state index is 0.262. The van der Waals surface area contributed by atoms with Gasteiger partial charge in [-0.15, -0.1) is 11.3 Å². The number of hydrogen-bond donors (Lipinski definition) is 0. The maximum Gasteiger partial charge on any atom is 0.375 e. The minimum atomic E-state index is -0.556. The Hall–Kier alpha value is -2.73. The summed E-state index contributed by atoms with van der Waals surface area (Å²) < 4.78 is 5.22. The zero-order chi connectivity index (χ0) is 15.5. The van der Waals surface area contributed by atoms with Crippen molar-refractivity contribution in [1.82, 2.24) is 0 Å². The fraction of sp³-hybridized carbons (Fsp3) is 0.0625. The van der Waals surface area contributed by atoms with Gasteiger partial charge in [-0.2, -0.15) is 0 Å². The molecule has 0 aliphatic carbocycles. The third-order valence-electron chi connectivity index (χ3n) is 3.02. The van der Waals surface area contributed by atoms with Gasteiger partial charge in [0.05, 0.1) is 11.3 Å². The number of nitrogens with zero attached hydrogens (tertiary/aromatic N) is 1. The molecule has 0 aliphatic rings. The second-order valence-corrected chi connectivity index (χ2v) is 5.47. The number of rotatable bonds is 3. The van der Waals surface area contributed by atoms with Gasteiger partial charge >= 0.3 is 11.6 Å². The van der Waals surface area contributed by atoms with Gasteiger partial charge in [-0.25, -0.2) is 9.59 Å². The molecule has 0 radical (unpaired) electrons. The van der Waals surface area contributed by atoms with Crippen molar-refractivity contribution in [3.63, 3.8) is 0 Å². The van der Waals surface area contributed by atoms with Gasteiger partial charge in [0.25, 0.3) is 0 Å². The zero-order valence-electron chi connectivity index (χ0n) is 11.6. The highest BCUT2D eigenvalue weighted by molar-refractivity contribution is 7.11. The first-order chi connectivity index (χ1) is 10.6. The van der Waals surface area contributed by atoms with Crippen molar-refractivity contribution < 1.29 is 14.0 Å². The molecule has 110 valence electrons. The predicted octanol–water partition coefficient (Wildman–Crippen LogP) is 3.44. The summed E-state index contributed by atoms with van der Waals surface area (Å²) in [5.41, 5.74) is 0.522. The Bertz CT molecular complexity index is 909. The molecule has 3 rings (SSSR count). The molecule has 0 amide bonds. The third kappa shape index (κ3) is 2.82. The number of benzene rings is 1. The molecule has 0 spiro atoms. The van der Waals surface area contributed by atoms with Crippen LogP contribution in [0.15, 0.2) is 62.2 Å². The molecule has 5 nitrogen and oxygen atoms in total. The number of carbonyl (C=O) groups excluding carboxylic acids is 1. The van der Waals surface area contributed by atoms with Gasteiger partial charge in [-0.3, -0.25) is 0 Å². The van der Waals surface area contributed by atoms with Crippen LogP contribution in [0, 0.1) is 0 Å². The Morgan fingerprint density at radius 3 is 2.82 bits per heavy atom.